The Morgan fingerprint density at radius 1 is 1.14 bits per heavy atom. The van der Waals surface area contributed by atoms with Gasteiger partial charge in [-0.15, -0.1) is 0 Å². The summed E-state index contributed by atoms with van der Waals surface area (Å²) in [6.45, 7) is 2.19. The first kappa shape index (κ1) is 24.4. The molecule has 2 aromatic heterocycles. The van der Waals surface area contributed by atoms with Crippen LogP contribution in [0.4, 0.5) is 0 Å². The van der Waals surface area contributed by atoms with Gasteiger partial charge in [0, 0.05) is 37.6 Å². The van der Waals surface area contributed by atoms with Gasteiger partial charge in [0.2, 0.25) is 5.91 Å². The molecule has 1 atom stereocenters. The van der Waals surface area contributed by atoms with Crippen molar-refractivity contribution in [1.82, 2.24) is 19.9 Å². The minimum atomic E-state index is -3.34. The minimum Gasteiger partial charge on any atom is -0.478 e. The summed E-state index contributed by atoms with van der Waals surface area (Å²) in [6.07, 6.45) is 4.05. The van der Waals surface area contributed by atoms with E-state index in [0.717, 1.165) is 24.7 Å². The quantitative estimate of drug-likeness (QED) is 0.385. The lowest BCUT2D eigenvalue weighted by atomic mass is 10.0. The van der Waals surface area contributed by atoms with Crippen molar-refractivity contribution in [1.29, 1.82) is 0 Å². The van der Waals surface area contributed by atoms with Gasteiger partial charge < -0.3 is 19.7 Å². The number of benzene rings is 2. The summed E-state index contributed by atoms with van der Waals surface area (Å²) in [4.78, 5) is 37.5. The van der Waals surface area contributed by atoms with E-state index < -0.39 is 15.8 Å². The molecule has 0 bridgehead atoms. The largest absolute Gasteiger partial charge is 0.478 e. The first-order chi connectivity index (χ1) is 17.6. The fourth-order valence-corrected chi connectivity index (χ4v) is 5.16. The number of nitrogens with one attached hydrogen (secondary N) is 1. The van der Waals surface area contributed by atoms with Gasteiger partial charge in [0.05, 0.1) is 27.5 Å². The number of carbonyl (C=O) groups excluding carboxylic acids is 1. The second-order valence-electron chi connectivity index (χ2n) is 8.95. The second-order valence-corrected chi connectivity index (χ2v) is 11.0. The number of fused-ring (bicyclic) bond motifs is 1. The molecule has 2 N–H and O–H groups in total. The lowest BCUT2D eigenvalue weighted by Crippen LogP contribution is -2.28. The number of hydrogen-bond acceptors (Lipinski definition) is 7. The van der Waals surface area contributed by atoms with Crippen LogP contribution in [0.15, 0.2) is 59.6 Å². The lowest BCUT2D eigenvalue weighted by molar-refractivity contribution is -0.129. The molecule has 1 amide bonds. The molecule has 5 rings (SSSR count). The minimum absolute atomic E-state index is 0.0286. The Hall–Kier alpha value is -4.25. The first-order valence-corrected chi connectivity index (χ1v) is 13.5. The van der Waals surface area contributed by atoms with Gasteiger partial charge in [0.1, 0.15) is 17.2 Å². The van der Waals surface area contributed by atoms with E-state index in [2.05, 4.69) is 15.0 Å². The molecule has 1 saturated heterocycles. The lowest BCUT2D eigenvalue weighted by Gasteiger charge is -2.25. The number of ether oxygens (including phenoxy) is 1. The number of H-pyrrole nitrogens is 1. The maximum Gasteiger partial charge on any atom is 0.337 e. The van der Waals surface area contributed by atoms with Crippen LogP contribution >= 0.6 is 0 Å². The van der Waals surface area contributed by atoms with Gasteiger partial charge >= 0.3 is 5.97 Å². The van der Waals surface area contributed by atoms with Gasteiger partial charge in [-0.3, -0.25) is 9.78 Å². The summed E-state index contributed by atoms with van der Waals surface area (Å²) >= 11 is 0. The molecular formula is C26H24N4O6S. The predicted octanol–water partition coefficient (Wildman–Crippen LogP) is 4.20. The van der Waals surface area contributed by atoms with Crippen molar-refractivity contribution in [3.63, 3.8) is 0 Å². The van der Waals surface area contributed by atoms with Gasteiger partial charge in [0.15, 0.2) is 15.7 Å². The van der Waals surface area contributed by atoms with E-state index >= 15 is 0 Å². The molecule has 1 aliphatic rings. The average molecular weight is 521 g/mol. The van der Waals surface area contributed by atoms with Crippen molar-refractivity contribution in [3.05, 3.63) is 65.9 Å². The Morgan fingerprint density at radius 2 is 1.89 bits per heavy atom. The summed E-state index contributed by atoms with van der Waals surface area (Å²) in [7, 11) is -3.34. The highest BCUT2D eigenvalue weighted by Crippen LogP contribution is 2.41. The van der Waals surface area contributed by atoms with Crippen LogP contribution in [-0.2, 0) is 14.6 Å². The Bertz CT molecular complexity index is 1610. The summed E-state index contributed by atoms with van der Waals surface area (Å²) in [5, 5.41) is 9.13. The summed E-state index contributed by atoms with van der Waals surface area (Å²) < 4.78 is 29.9. The Kier molecular flexibility index (Phi) is 6.16. The summed E-state index contributed by atoms with van der Waals surface area (Å²) in [6, 6.07) is 12.7. The number of aromatic nitrogens is 3. The Morgan fingerprint density at radius 3 is 2.51 bits per heavy atom. The highest BCUT2D eigenvalue weighted by Gasteiger charge is 2.31. The molecule has 2 aromatic carbocycles. The van der Waals surface area contributed by atoms with Gasteiger partial charge in [-0.2, -0.15) is 0 Å². The zero-order chi connectivity index (χ0) is 26.3. The van der Waals surface area contributed by atoms with Crippen LogP contribution < -0.4 is 4.74 Å². The predicted molar refractivity (Wildman–Crippen MR) is 135 cm³/mol. The summed E-state index contributed by atoms with van der Waals surface area (Å²) in [5.74, 6) is 0.319. The number of amides is 1. The number of rotatable bonds is 6. The Balaban J connectivity index is 1.57. The molecule has 1 fully saturated rings. The van der Waals surface area contributed by atoms with E-state index in [-0.39, 0.29) is 22.4 Å². The molecule has 11 heteroatoms. The van der Waals surface area contributed by atoms with Crippen molar-refractivity contribution in [3.8, 4) is 23.0 Å². The van der Waals surface area contributed by atoms with Crippen molar-refractivity contribution < 1.29 is 27.9 Å². The average Bonchev–Trinajstić information content (AvgIpc) is 3.50. The molecule has 190 valence electrons. The number of sulfone groups is 1. The molecule has 1 aliphatic heterocycles. The van der Waals surface area contributed by atoms with Crippen LogP contribution in [0.3, 0.4) is 0 Å². The van der Waals surface area contributed by atoms with E-state index in [4.69, 9.17) is 9.84 Å². The van der Waals surface area contributed by atoms with E-state index in [9.17, 15) is 18.0 Å². The third-order valence-corrected chi connectivity index (χ3v) is 7.49. The van der Waals surface area contributed by atoms with Crippen molar-refractivity contribution in [2.45, 2.75) is 30.7 Å². The van der Waals surface area contributed by atoms with E-state index in [1.165, 1.54) is 24.4 Å². The zero-order valence-electron chi connectivity index (χ0n) is 20.1. The number of aromatic amines is 1. The molecule has 37 heavy (non-hydrogen) atoms. The number of nitrogens with zero attached hydrogens (tertiary/aromatic N) is 3. The fraction of sp³-hybridized carbons (Fsp3) is 0.231. The zero-order valence-corrected chi connectivity index (χ0v) is 20.9. The molecule has 0 saturated carbocycles. The molecule has 10 nitrogen and oxygen atoms in total. The first-order valence-electron chi connectivity index (χ1n) is 11.6. The van der Waals surface area contributed by atoms with E-state index in [0.29, 0.717) is 40.6 Å². The van der Waals surface area contributed by atoms with Crippen LogP contribution in [0.1, 0.15) is 41.7 Å². The number of imidazole rings is 1. The standard InChI is InChI=1S/C26H24N4O6S/c1-15(31)30-11-3-4-23(30)19-12-21-22(29-25(28-21)20-10-5-16(14-27-20)26(32)33)13-24(19)36-17-6-8-18(9-7-17)37(2,34)35/h5-10,12-14,23H,3-4,11H2,1-2H3,(H,28,29)(H,32,33). The van der Waals surface area contributed by atoms with E-state index in [1.54, 1.807) is 31.2 Å². The van der Waals surface area contributed by atoms with Crippen LogP contribution in [0.5, 0.6) is 11.5 Å². The van der Waals surface area contributed by atoms with Gasteiger partial charge in [0.25, 0.3) is 0 Å². The van der Waals surface area contributed by atoms with Gasteiger partial charge in [-0.25, -0.2) is 18.2 Å². The number of hydrogen-bond donors (Lipinski definition) is 2. The number of likely N-dealkylation sites (tertiary alicyclic amines) is 1. The third kappa shape index (κ3) is 4.90. The van der Waals surface area contributed by atoms with Crippen LogP contribution in [0.2, 0.25) is 0 Å². The van der Waals surface area contributed by atoms with E-state index in [1.807, 2.05) is 11.0 Å². The van der Waals surface area contributed by atoms with Crippen molar-refractivity contribution in [2.75, 3.05) is 12.8 Å². The van der Waals surface area contributed by atoms with Crippen LogP contribution in [0.25, 0.3) is 22.6 Å². The molecule has 1 unspecified atom stereocenters. The number of carbonyl (C=O) groups is 2. The van der Waals surface area contributed by atoms with Crippen molar-refractivity contribution in [2.24, 2.45) is 0 Å². The van der Waals surface area contributed by atoms with Crippen LogP contribution in [0, 0.1) is 0 Å². The van der Waals surface area contributed by atoms with Crippen molar-refractivity contribution >= 4 is 32.7 Å². The maximum absolute atomic E-state index is 12.3. The molecule has 0 spiro atoms. The number of carboxylic acid groups (broad SMARTS) is 1. The third-order valence-electron chi connectivity index (χ3n) is 6.36. The fourth-order valence-electron chi connectivity index (χ4n) is 4.53. The summed E-state index contributed by atoms with van der Waals surface area (Å²) in [5.41, 5.74) is 2.66. The molecule has 4 aromatic rings. The van der Waals surface area contributed by atoms with Crippen LogP contribution in [-0.4, -0.2) is 58.1 Å². The number of pyridine rings is 1. The highest BCUT2D eigenvalue weighted by atomic mass is 32.2. The molecule has 3 heterocycles. The van der Waals surface area contributed by atoms with Gasteiger partial charge in [-0.05, 0) is 55.3 Å². The molecule has 0 aliphatic carbocycles. The topological polar surface area (TPSA) is 143 Å². The highest BCUT2D eigenvalue weighted by molar-refractivity contribution is 7.90. The monoisotopic (exact) mass is 520 g/mol. The normalized spacial score (nSPS) is 15.7. The number of aromatic carboxylic acids is 1. The number of carboxylic acids is 1. The smallest absolute Gasteiger partial charge is 0.337 e. The molecule has 0 radical (unpaired) electrons. The maximum atomic E-state index is 12.3. The van der Waals surface area contributed by atoms with Gasteiger partial charge in [-0.1, -0.05) is 0 Å². The molecular weight excluding hydrogens is 496 g/mol. The second kappa shape index (κ2) is 9.32. The SMILES string of the molecule is CC(=O)N1CCCC1c1cc2[nH]c(-c3ccc(C(=O)O)cn3)nc2cc1Oc1ccc(S(C)(=O)=O)cc1. The Labute approximate surface area is 212 Å².